The maximum atomic E-state index is 3.78. The molecule has 4 rings (SSSR count). The SMILES string of the molecule is C=CC1=C(C=C)CC1.C=Cc1cccc(CCCCCC)c1.CCCCCCc1ccc2c(c1)CC2. The molecule has 0 amide bonds. The van der Waals surface area contributed by atoms with Gasteiger partial charge in [0.1, 0.15) is 0 Å². The van der Waals surface area contributed by atoms with Gasteiger partial charge in [-0.1, -0.05) is 133 Å². The zero-order valence-electron chi connectivity index (χ0n) is 23.3. The van der Waals surface area contributed by atoms with Crippen molar-refractivity contribution in [2.75, 3.05) is 0 Å². The van der Waals surface area contributed by atoms with E-state index in [-0.39, 0.29) is 0 Å². The Labute approximate surface area is 222 Å². The third-order valence-electron chi connectivity index (χ3n) is 7.33. The van der Waals surface area contributed by atoms with Crippen LogP contribution in [0.25, 0.3) is 6.08 Å². The van der Waals surface area contributed by atoms with Crippen LogP contribution in [0, 0.1) is 0 Å². The molecule has 0 unspecified atom stereocenters. The Morgan fingerprint density at radius 1 is 0.583 bits per heavy atom. The van der Waals surface area contributed by atoms with Gasteiger partial charge in [-0.2, -0.15) is 0 Å². The Balaban J connectivity index is 0.000000198. The number of benzene rings is 2. The minimum atomic E-state index is 1.20. The summed E-state index contributed by atoms with van der Waals surface area (Å²) in [4.78, 5) is 0. The minimum Gasteiger partial charge on any atom is -0.0988 e. The zero-order chi connectivity index (χ0) is 26.0. The summed E-state index contributed by atoms with van der Waals surface area (Å²) < 4.78 is 0. The lowest BCUT2D eigenvalue weighted by atomic mass is 9.86. The van der Waals surface area contributed by atoms with Crippen molar-refractivity contribution in [2.45, 2.75) is 104 Å². The van der Waals surface area contributed by atoms with Gasteiger partial charge >= 0.3 is 0 Å². The summed E-state index contributed by atoms with van der Waals surface area (Å²) in [6, 6.07) is 15.7. The van der Waals surface area contributed by atoms with Crippen LogP contribution in [0.4, 0.5) is 0 Å². The zero-order valence-corrected chi connectivity index (χ0v) is 23.3. The molecule has 0 heterocycles. The van der Waals surface area contributed by atoms with Crippen molar-refractivity contribution >= 4 is 6.08 Å². The van der Waals surface area contributed by atoms with Gasteiger partial charge in [-0.05, 0) is 90.3 Å². The Bertz CT molecular complexity index is 953. The maximum absolute atomic E-state index is 3.78. The Hall–Kier alpha value is -2.60. The van der Waals surface area contributed by atoms with Crippen LogP contribution in [0.1, 0.15) is 106 Å². The lowest BCUT2D eigenvalue weighted by molar-refractivity contribution is 0.665. The van der Waals surface area contributed by atoms with Crippen molar-refractivity contribution in [1.29, 1.82) is 0 Å². The minimum absolute atomic E-state index is 1.20. The maximum Gasteiger partial charge on any atom is -0.0235 e. The summed E-state index contributed by atoms with van der Waals surface area (Å²) in [5.41, 5.74) is 10.2. The molecule has 0 spiro atoms. The van der Waals surface area contributed by atoms with Crippen LogP contribution < -0.4 is 0 Å². The van der Waals surface area contributed by atoms with E-state index in [0.717, 1.165) is 0 Å². The van der Waals surface area contributed by atoms with Crippen LogP contribution in [-0.4, -0.2) is 0 Å². The molecule has 0 N–H and O–H groups in total. The third kappa shape index (κ3) is 10.6. The van der Waals surface area contributed by atoms with Crippen LogP contribution in [0.2, 0.25) is 0 Å². The Kier molecular flexibility index (Phi) is 14.6. The van der Waals surface area contributed by atoms with Gasteiger partial charge in [-0.3, -0.25) is 0 Å². The standard InChI is InChI=1S/2C14H20.C8H10/c1-2-3-4-5-6-12-7-8-13-9-10-14(13)11-12;1-3-5-6-7-9-14-11-8-10-13(4-2)12-14;1-3-7-5-6-8(7)4-2/h7-8,11H,2-6,9-10H2,1H3;4,8,10-12H,2-3,5-7,9H2,1H3;3-4H,1-2,5-6H2. The molecule has 0 radical (unpaired) electrons. The van der Waals surface area contributed by atoms with Crippen molar-refractivity contribution < 1.29 is 0 Å². The molecule has 0 saturated heterocycles. The number of fused-ring (bicyclic) bond motifs is 1. The molecule has 36 heavy (non-hydrogen) atoms. The van der Waals surface area contributed by atoms with Gasteiger partial charge < -0.3 is 0 Å². The van der Waals surface area contributed by atoms with Gasteiger partial charge in [0, 0.05) is 0 Å². The normalized spacial score (nSPS) is 13.1. The monoisotopic (exact) mass is 482 g/mol. The first-order valence-corrected chi connectivity index (χ1v) is 14.4. The first-order valence-electron chi connectivity index (χ1n) is 14.4. The lowest BCUT2D eigenvalue weighted by Crippen LogP contribution is -2.08. The fourth-order valence-corrected chi connectivity index (χ4v) is 4.67. The fraction of sp³-hybridized carbons (Fsp3) is 0.444. The van der Waals surface area contributed by atoms with E-state index in [2.05, 4.69) is 76.0 Å². The molecular weight excluding hydrogens is 432 g/mol. The van der Waals surface area contributed by atoms with Crippen molar-refractivity contribution in [3.8, 4) is 0 Å². The first kappa shape index (κ1) is 29.6. The molecule has 0 fully saturated rings. The highest BCUT2D eigenvalue weighted by Gasteiger charge is 2.12. The highest BCUT2D eigenvalue weighted by atomic mass is 14.2. The largest absolute Gasteiger partial charge is 0.0988 e. The summed E-state index contributed by atoms with van der Waals surface area (Å²) in [5.74, 6) is 0. The molecule has 0 saturated carbocycles. The van der Waals surface area contributed by atoms with E-state index in [0.29, 0.717) is 0 Å². The predicted molar refractivity (Wildman–Crippen MR) is 163 cm³/mol. The number of hydrogen-bond acceptors (Lipinski definition) is 0. The second-order valence-electron chi connectivity index (χ2n) is 10.1. The van der Waals surface area contributed by atoms with E-state index in [9.17, 15) is 0 Å². The highest BCUT2D eigenvalue weighted by Crippen LogP contribution is 2.28. The van der Waals surface area contributed by atoms with Crippen LogP contribution >= 0.6 is 0 Å². The molecule has 0 aromatic heterocycles. The van der Waals surface area contributed by atoms with Gasteiger partial charge in [-0.15, -0.1) is 0 Å². The molecule has 0 heteroatoms. The number of aryl methyl sites for hydroxylation is 4. The third-order valence-corrected chi connectivity index (χ3v) is 7.33. The average molecular weight is 483 g/mol. The quantitative estimate of drug-likeness (QED) is 0.249. The van der Waals surface area contributed by atoms with E-state index >= 15 is 0 Å². The lowest BCUT2D eigenvalue weighted by Gasteiger charge is -2.19. The summed E-state index contributed by atoms with van der Waals surface area (Å²) in [7, 11) is 0. The van der Waals surface area contributed by atoms with Gasteiger partial charge in [-0.25, -0.2) is 0 Å². The first-order chi connectivity index (χ1) is 17.6. The van der Waals surface area contributed by atoms with E-state index in [1.807, 2.05) is 18.2 Å². The van der Waals surface area contributed by atoms with E-state index < -0.39 is 0 Å². The molecule has 2 aromatic rings. The van der Waals surface area contributed by atoms with Gasteiger partial charge in [0.15, 0.2) is 0 Å². The van der Waals surface area contributed by atoms with Crippen molar-refractivity contribution in [3.05, 3.63) is 113 Å². The van der Waals surface area contributed by atoms with Crippen LogP contribution in [0.5, 0.6) is 0 Å². The molecule has 2 aliphatic carbocycles. The van der Waals surface area contributed by atoms with Crippen LogP contribution in [0.3, 0.4) is 0 Å². The second kappa shape index (κ2) is 17.8. The highest BCUT2D eigenvalue weighted by molar-refractivity contribution is 5.47. The number of hydrogen-bond donors (Lipinski definition) is 0. The summed E-state index contributed by atoms with van der Waals surface area (Å²) in [6.45, 7) is 15.6. The smallest absolute Gasteiger partial charge is 0.0235 e. The van der Waals surface area contributed by atoms with E-state index in [1.54, 1.807) is 16.7 Å². The molecule has 194 valence electrons. The number of rotatable bonds is 13. The molecule has 2 aromatic carbocycles. The van der Waals surface area contributed by atoms with Crippen molar-refractivity contribution in [3.63, 3.8) is 0 Å². The van der Waals surface area contributed by atoms with Gasteiger partial charge in [0.2, 0.25) is 0 Å². The molecule has 0 nitrogen and oxygen atoms in total. The van der Waals surface area contributed by atoms with Gasteiger partial charge in [0.25, 0.3) is 0 Å². The number of unbranched alkanes of at least 4 members (excludes halogenated alkanes) is 6. The van der Waals surface area contributed by atoms with Crippen LogP contribution in [-0.2, 0) is 25.7 Å². The van der Waals surface area contributed by atoms with Crippen molar-refractivity contribution in [1.82, 2.24) is 0 Å². The van der Waals surface area contributed by atoms with E-state index in [1.165, 1.54) is 112 Å². The predicted octanol–water partition coefficient (Wildman–Crippen LogP) is 10.8. The van der Waals surface area contributed by atoms with Gasteiger partial charge in [0.05, 0.1) is 0 Å². The Morgan fingerprint density at radius 3 is 1.61 bits per heavy atom. The second-order valence-corrected chi connectivity index (χ2v) is 10.1. The average Bonchev–Trinajstić information content (AvgIpc) is 2.87. The molecule has 0 atom stereocenters. The molecule has 0 aliphatic heterocycles. The molecular formula is C36H50. The molecule has 2 aliphatic rings. The van der Waals surface area contributed by atoms with Crippen molar-refractivity contribution in [2.24, 2.45) is 0 Å². The summed E-state index contributed by atoms with van der Waals surface area (Å²) >= 11 is 0. The summed E-state index contributed by atoms with van der Waals surface area (Å²) in [5, 5.41) is 0. The van der Waals surface area contributed by atoms with Crippen LogP contribution in [0.15, 0.2) is 85.5 Å². The summed E-state index contributed by atoms with van der Waals surface area (Å²) in [6.07, 6.45) is 24.1. The Morgan fingerprint density at radius 2 is 1.17 bits per heavy atom. The van der Waals surface area contributed by atoms with E-state index in [4.69, 9.17) is 0 Å². The number of allylic oxidation sites excluding steroid dienone is 4. The topological polar surface area (TPSA) is 0 Å². The molecule has 0 bridgehead atoms. The fourth-order valence-electron chi connectivity index (χ4n) is 4.67.